The van der Waals surface area contributed by atoms with Crippen LogP contribution in [0.1, 0.15) is 39.7 Å². The van der Waals surface area contributed by atoms with Gasteiger partial charge >= 0.3 is 0 Å². The number of aromatic nitrogens is 1. The predicted molar refractivity (Wildman–Crippen MR) is 172 cm³/mol. The number of benzene rings is 5. The lowest BCUT2D eigenvalue weighted by Crippen LogP contribution is -2.33. The number of hydrogen-bond donors (Lipinski definition) is 0. The number of rotatable bonds is 3. The summed E-state index contributed by atoms with van der Waals surface area (Å²) in [6.45, 7) is 5.44. The summed E-state index contributed by atoms with van der Waals surface area (Å²) in [6, 6.07) is 30.9. The molecule has 194 valence electrons. The van der Waals surface area contributed by atoms with Gasteiger partial charge in [-0.05, 0) is 107 Å². The highest BCUT2D eigenvalue weighted by Crippen LogP contribution is 2.43. The number of thiazole rings is 1. The fraction of sp³-hybridized carbons (Fsp3) is 0.162. The van der Waals surface area contributed by atoms with Crippen LogP contribution in [0.2, 0.25) is 0 Å². The number of fused-ring (bicyclic) bond motifs is 1. The van der Waals surface area contributed by atoms with Crippen LogP contribution in [0.3, 0.4) is 0 Å². The second kappa shape index (κ2) is 9.66. The van der Waals surface area contributed by atoms with Crippen LogP contribution in [0.25, 0.3) is 43.4 Å². The van der Waals surface area contributed by atoms with Crippen molar-refractivity contribution in [1.29, 1.82) is 0 Å². The monoisotopic (exact) mass is 535 g/mol. The van der Waals surface area contributed by atoms with Crippen LogP contribution >= 0.6 is 11.3 Å². The Labute approximate surface area is 239 Å². The highest BCUT2D eigenvalue weighted by atomic mass is 32.1. The molecule has 0 atom stereocenters. The van der Waals surface area contributed by atoms with E-state index in [4.69, 9.17) is 0 Å². The maximum atomic E-state index is 3.49. The molecule has 1 aliphatic carbocycles. The van der Waals surface area contributed by atoms with Crippen molar-refractivity contribution in [2.24, 2.45) is 0 Å². The van der Waals surface area contributed by atoms with E-state index >= 15 is 0 Å². The van der Waals surface area contributed by atoms with E-state index in [1.165, 1.54) is 64.7 Å². The van der Waals surface area contributed by atoms with Crippen molar-refractivity contribution >= 4 is 60.4 Å². The van der Waals surface area contributed by atoms with Gasteiger partial charge in [0, 0.05) is 43.1 Å². The van der Waals surface area contributed by atoms with E-state index in [-0.39, 0.29) is 0 Å². The van der Waals surface area contributed by atoms with E-state index in [0.717, 1.165) is 24.1 Å². The molecule has 40 heavy (non-hydrogen) atoms. The lowest BCUT2D eigenvalue weighted by Gasteiger charge is -2.23. The van der Waals surface area contributed by atoms with Crippen LogP contribution in [0, 0.1) is 18.8 Å². The third-order valence-corrected chi connectivity index (χ3v) is 9.25. The summed E-state index contributed by atoms with van der Waals surface area (Å²) in [7, 11) is 4.12. The molecule has 0 unspecified atom stereocenters. The molecule has 0 saturated heterocycles. The first-order chi connectivity index (χ1) is 19.5. The van der Waals surface area contributed by atoms with E-state index in [9.17, 15) is 0 Å². The third-order valence-electron chi connectivity index (χ3n) is 8.14. The van der Waals surface area contributed by atoms with Gasteiger partial charge in [-0.1, -0.05) is 59.6 Å². The minimum absolute atomic E-state index is 0.927. The maximum absolute atomic E-state index is 3.49. The molecule has 6 aromatic rings. The van der Waals surface area contributed by atoms with Crippen LogP contribution in [0.15, 0.2) is 84.9 Å². The molecule has 3 heteroatoms. The molecule has 0 spiro atoms. The summed E-state index contributed by atoms with van der Waals surface area (Å²) in [5.41, 5.74) is 10.1. The van der Waals surface area contributed by atoms with Gasteiger partial charge in [0.2, 0.25) is 5.52 Å². The van der Waals surface area contributed by atoms with Crippen molar-refractivity contribution < 1.29 is 4.57 Å². The van der Waals surface area contributed by atoms with Gasteiger partial charge in [0.25, 0.3) is 5.01 Å². The standard InChI is InChI=1S/C37H31N2S/c1-5-39-33-8-6-7-9-34(33)40-35(39)23-29-22-31-24(2)10-15-27-16-17-28-20-26(21-32(29)37(28)36(27)31)12-11-25-13-18-30(19-14-25)38(3)4/h6-10,13-21,23H,5,22H2,1-4H3/q+1. The van der Waals surface area contributed by atoms with Gasteiger partial charge in [0.05, 0.1) is 0 Å². The quantitative estimate of drug-likeness (QED) is 0.125. The number of aryl methyl sites for hydroxylation is 2. The van der Waals surface area contributed by atoms with Crippen molar-refractivity contribution in [3.63, 3.8) is 0 Å². The number of nitrogens with zero attached hydrogens (tertiary/aromatic N) is 2. The van der Waals surface area contributed by atoms with Gasteiger partial charge in [0.1, 0.15) is 11.2 Å². The molecule has 2 nitrogen and oxygen atoms in total. The Morgan fingerprint density at radius 2 is 1.60 bits per heavy atom. The number of para-hydroxylation sites is 1. The lowest BCUT2D eigenvalue weighted by atomic mass is 9.80. The average Bonchev–Trinajstić information content (AvgIpc) is 3.33. The number of anilines is 1. The molecule has 0 fully saturated rings. The fourth-order valence-corrected chi connectivity index (χ4v) is 7.24. The third kappa shape index (κ3) is 4.08. The smallest absolute Gasteiger partial charge is 0.263 e. The number of allylic oxidation sites excluding steroid dienone is 1. The van der Waals surface area contributed by atoms with Crippen molar-refractivity contribution in [1.82, 2.24) is 0 Å². The fourth-order valence-electron chi connectivity index (χ4n) is 6.05. The Hall–Kier alpha value is -4.39. The molecule has 1 aliphatic rings. The molecule has 0 aliphatic heterocycles. The first-order valence-corrected chi connectivity index (χ1v) is 14.7. The Bertz CT molecular complexity index is 2050. The second-order valence-electron chi connectivity index (χ2n) is 10.8. The molecule has 5 aromatic carbocycles. The number of hydrogen-bond acceptors (Lipinski definition) is 2. The zero-order chi connectivity index (χ0) is 27.4. The summed E-state index contributed by atoms with van der Waals surface area (Å²) in [6.07, 6.45) is 3.37. The first-order valence-electron chi connectivity index (χ1n) is 13.9. The molecule has 0 bridgehead atoms. The van der Waals surface area contributed by atoms with Crippen LogP contribution in [0.4, 0.5) is 5.69 Å². The highest BCUT2D eigenvalue weighted by Gasteiger charge is 2.24. The van der Waals surface area contributed by atoms with Gasteiger partial charge in [-0.3, -0.25) is 0 Å². The van der Waals surface area contributed by atoms with E-state index in [2.05, 4.69) is 140 Å². The molecule has 0 amide bonds. The summed E-state index contributed by atoms with van der Waals surface area (Å²) < 4.78 is 3.77. The van der Waals surface area contributed by atoms with Gasteiger partial charge in [-0.25, -0.2) is 0 Å². The minimum Gasteiger partial charge on any atom is -0.378 e. The van der Waals surface area contributed by atoms with Crippen LogP contribution < -0.4 is 9.47 Å². The van der Waals surface area contributed by atoms with E-state index in [0.29, 0.717) is 0 Å². The molecule has 0 radical (unpaired) electrons. The van der Waals surface area contributed by atoms with Crippen molar-refractivity contribution in [2.45, 2.75) is 26.8 Å². The topological polar surface area (TPSA) is 7.12 Å². The van der Waals surface area contributed by atoms with Crippen LogP contribution in [-0.2, 0) is 13.0 Å². The van der Waals surface area contributed by atoms with E-state index in [1.54, 1.807) is 0 Å². The lowest BCUT2D eigenvalue weighted by molar-refractivity contribution is -0.665. The minimum atomic E-state index is 0.927. The van der Waals surface area contributed by atoms with Crippen LogP contribution in [-0.4, -0.2) is 14.1 Å². The predicted octanol–water partition coefficient (Wildman–Crippen LogP) is 8.39. The summed E-state index contributed by atoms with van der Waals surface area (Å²) in [5.74, 6) is 6.91. The largest absolute Gasteiger partial charge is 0.378 e. The molecule has 0 N–H and O–H groups in total. The van der Waals surface area contributed by atoms with E-state index < -0.39 is 0 Å². The van der Waals surface area contributed by atoms with Crippen molar-refractivity contribution in [3.05, 3.63) is 118 Å². The van der Waals surface area contributed by atoms with Gasteiger partial charge in [-0.2, -0.15) is 4.57 Å². The Balaban J connectivity index is 1.44. The normalized spacial score (nSPS) is 13.3. The maximum Gasteiger partial charge on any atom is 0.263 e. The molecule has 1 aromatic heterocycles. The molecular formula is C37H31N2S+. The SMILES string of the molecule is CC[n+]1c(C=C2Cc3c(C)ccc4ccc5cc(C#Cc6ccc(N(C)C)cc6)cc2c5c34)sc2ccccc21. The second-order valence-corrected chi connectivity index (χ2v) is 11.9. The Kier molecular flexibility index (Phi) is 5.95. The van der Waals surface area contributed by atoms with Crippen LogP contribution in [0.5, 0.6) is 0 Å². The average molecular weight is 536 g/mol. The molecule has 1 heterocycles. The summed E-state index contributed by atoms with van der Waals surface area (Å²) in [5, 5.41) is 6.64. The summed E-state index contributed by atoms with van der Waals surface area (Å²) in [4.78, 5) is 2.11. The van der Waals surface area contributed by atoms with E-state index in [1.807, 2.05) is 11.3 Å². The Morgan fingerprint density at radius 3 is 2.40 bits per heavy atom. The summed E-state index contributed by atoms with van der Waals surface area (Å²) >= 11 is 1.88. The van der Waals surface area contributed by atoms with Gasteiger partial charge in [0.15, 0.2) is 0 Å². The van der Waals surface area contributed by atoms with Crippen molar-refractivity contribution in [2.75, 3.05) is 19.0 Å². The molecule has 0 saturated carbocycles. The molecule has 7 rings (SSSR count). The molecular weight excluding hydrogens is 504 g/mol. The highest BCUT2D eigenvalue weighted by molar-refractivity contribution is 7.18. The zero-order valence-electron chi connectivity index (χ0n) is 23.4. The van der Waals surface area contributed by atoms with Gasteiger partial charge < -0.3 is 4.90 Å². The zero-order valence-corrected chi connectivity index (χ0v) is 24.2. The van der Waals surface area contributed by atoms with Gasteiger partial charge in [-0.15, -0.1) is 0 Å². The van der Waals surface area contributed by atoms with Crippen molar-refractivity contribution in [3.8, 4) is 11.8 Å². The first kappa shape index (κ1) is 24.6. The Morgan fingerprint density at radius 1 is 0.850 bits per heavy atom.